The lowest BCUT2D eigenvalue weighted by Crippen LogP contribution is -2.54. The monoisotopic (exact) mass is 355 g/mol. The van der Waals surface area contributed by atoms with Crippen molar-refractivity contribution in [2.24, 2.45) is 35.0 Å². The van der Waals surface area contributed by atoms with Crippen LogP contribution in [-0.4, -0.2) is 29.6 Å². The van der Waals surface area contributed by atoms with Crippen LogP contribution in [0.1, 0.15) is 58.3 Å². The summed E-state index contributed by atoms with van der Waals surface area (Å²) in [6.07, 6.45) is 16.3. The van der Waals surface area contributed by atoms with E-state index in [9.17, 15) is 5.11 Å². The minimum atomic E-state index is -0.00307. The molecule has 1 spiro atoms. The highest BCUT2D eigenvalue weighted by atomic mass is 16.5. The van der Waals surface area contributed by atoms with Gasteiger partial charge in [-0.25, -0.2) is 0 Å². The van der Waals surface area contributed by atoms with Crippen molar-refractivity contribution in [3.63, 3.8) is 0 Å². The molecule has 0 aromatic carbocycles. The van der Waals surface area contributed by atoms with Crippen LogP contribution in [0.4, 0.5) is 0 Å². The van der Waals surface area contributed by atoms with Gasteiger partial charge in [-0.1, -0.05) is 24.6 Å². The highest BCUT2D eigenvalue weighted by molar-refractivity contribution is 5.94. The Morgan fingerprint density at radius 1 is 1.23 bits per heavy atom. The first-order chi connectivity index (χ1) is 12.6. The summed E-state index contributed by atoms with van der Waals surface area (Å²) in [6, 6.07) is 0. The molecule has 1 heterocycles. The molecule has 1 aliphatic heterocycles. The van der Waals surface area contributed by atoms with Crippen LogP contribution in [0.3, 0.4) is 0 Å². The van der Waals surface area contributed by atoms with E-state index in [1.807, 2.05) is 0 Å². The lowest BCUT2D eigenvalue weighted by atomic mass is 9.48. The van der Waals surface area contributed by atoms with Gasteiger partial charge >= 0.3 is 0 Å². The number of hydrogen-bond acceptors (Lipinski definition) is 3. The number of fused-ring (bicyclic) bond motifs is 6. The topological polar surface area (TPSA) is 53.3 Å². The van der Waals surface area contributed by atoms with Gasteiger partial charge in [-0.3, -0.25) is 0 Å². The molecule has 4 aliphatic carbocycles. The Labute approximate surface area is 157 Å². The second kappa shape index (κ2) is 6.04. The summed E-state index contributed by atoms with van der Waals surface area (Å²) in [5.41, 5.74) is 2.50. The minimum Gasteiger partial charge on any atom is -0.396 e. The van der Waals surface area contributed by atoms with Crippen LogP contribution in [0.25, 0.3) is 0 Å². The molecule has 0 bridgehead atoms. The lowest BCUT2D eigenvalue weighted by molar-refractivity contribution is -0.126. The quantitative estimate of drug-likeness (QED) is 0.716. The van der Waals surface area contributed by atoms with Crippen molar-refractivity contribution in [1.29, 1.82) is 5.41 Å². The highest BCUT2D eigenvalue weighted by Crippen LogP contribution is 2.68. The lowest BCUT2D eigenvalue weighted by Gasteiger charge is -2.58. The molecule has 3 fully saturated rings. The fourth-order valence-electron chi connectivity index (χ4n) is 8.08. The normalized spacial score (nSPS) is 49.7. The van der Waals surface area contributed by atoms with Crippen LogP contribution in [0, 0.1) is 40.4 Å². The standard InChI is InChI=1S/C23H33NO2/c1-2-22-9-6-18-17-5-4-16(24)13-19(17)15(14-25)12-20(18)21(22)7-10-23(22)8-3-11-26-23/h3,8,13,15,17-18,20-21,24-25H,2,4-7,9-12,14H2,1H3/t15?,17-,18?,20?,21?,22+,23+/m1/s1. The number of ether oxygens (including phenoxy) is 1. The summed E-state index contributed by atoms with van der Waals surface area (Å²) in [5, 5.41) is 18.2. The molecule has 3 nitrogen and oxygen atoms in total. The van der Waals surface area contributed by atoms with E-state index >= 15 is 0 Å². The molecule has 0 saturated heterocycles. The van der Waals surface area contributed by atoms with Crippen LogP contribution in [-0.2, 0) is 4.74 Å². The van der Waals surface area contributed by atoms with Gasteiger partial charge in [-0.05, 0) is 81.1 Å². The SMILES string of the molecule is CC[C@]12CCC3C(CC(CO)C4=CC(=N)CC[C@@H]43)C1CC[C@@]21C=CCO1. The fourth-order valence-corrected chi connectivity index (χ4v) is 8.08. The van der Waals surface area contributed by atoms with Gasteiger partial charge in [0.2, 0.25) is 0 Å². The zero-order valence-corrected chi connectivity index (χ0v) is 16.0. The first-order valence-corrected chi connectivity index (χ1v) is 10.9. The van der Waals surface area contributed by atoms with E-state index in [0.717, 1.165) is 49.3 Å². The van der Waals surface area contributed by atoms with Crippen LogP contribution < -0.4 is 0 Å². The Hall–Kier alpha value is -0.930. The third kappa shape index (κ3) is 2.10. The van der Waals surface area contributed by atoms with Gasteiger partial charge in [0.15, 0.2) is 0 Å². The molecule has 2 N–H and O–H groups in total. The smallest absolute Gasteiger partial charge is 0.0926 e. The van der Waals surface area contributed by atoms with Gasteiger partial charge in [-0.2, -0.15) is 0 Å². The predicted molar refractivity (Wildman–Crippen MR) is 103 cm³/mol. The van der Waals surface area contributed by atoms with Gasteiger partial charge in [0.05, 0.1) is 12.2 Å². The Balaban J connectivity index is 1.52. The summed E-state index contributed by atoms with van der Waals surface area (Å²) in [6.45, 7) is 3.43. The minimum absolute atomic E-state index is 0.00307. The molecular formula is C23H33NO2. The maximum atomic E-state index is 10.1. The van der Waals surface area contributed by atoms with Crippen LogP contribution >= 0.6 is 0 Å². The van der Waals surface area contributed by atoms with Crippen molar-refractivity contribution in [1.82, 2.24) is 0 Å². The van der Waals surface area contributed by atoms with Crippen LogP contribution in [0.5, 0.6) is 0 Å². The molecule has 3 saturated carbocycles. The largest absolute Gasteiger partial charge is 0.396 e. The molecule has 0 aromatic rings. The molecule has 5 aliphatic rings. The van der Waals surface area contributed by atoms with E-state index in [1.165, 1.54) is 37.7 Å². The van der Waals surface area contributed by atoms with Gasteiger partial charge in [0.25, 0.3) is 0 Å². The zero-order chi connectivity index (χ0) is 17.9. The third-order valence-corrected chi connectivity index (χ3v) is 9.08. The average molecular weight is 356 g/mol. The Kier molecular flexibility index (Phi) is 3.99. The van der Waals surface area contributed by atoms with E-state index in [1.54, 1.807) is 0 Å². The molecule has 26 heavy (non-hydrogen) atoms. The van der Waals surface area contributed by atoms with Crippen molar-refractivity contribution in [2.45, 2.75) is 63.9 Å². The van der Waals surface area contributed by atoms with Gasteiger partial charge in [0, 0.05) is 23.7 Å². The van der Waals surface area contributed by atoms with Crippen molar-refractivity contribution in [2.75, 3.05) is 13.2 Å². The van der Waals surface area contributed by atoms with E-state index in [2.05, 4.69) is 25.2 Å². The molecule has 0 radical (unpaired) electrons. The fraction of sp³-hybridized carbons (Fsp3) is 0.783. The Morgan fingerprint density at radius 3 is 2.85 bits per heavy atom. The summed E-state index contributed by atoms with van der Waals surface area (Å²) >= 11 is 0. The molecule has 3 heteroatoms. The Bertz CT molecular complexity index is 667. The summed E-state index contributed by atoms with van der Waals surface area (Å²) in [4.78, 5) is 0. The van der Waals surface area contributed by atoms with Gasteiger partial charge < -0.3 is 15.3 Å². The molecule has 0 aromatic heterocycles. The summed E-state index contributed by atoms with van der Waals surface area (Å²) in [7, 11) is 0. The molecule has 7 atom stereocenters. The molecule has 5 rings (SSSR count). The number of allylic oxidation sites excluding steroid dienone is 1. The number of rotatable bonds is 2. The van der Waals surface area contributed by atoms with E-state index in [0.29, 0.717) is 11.3 Å². The van der Waals surface area contributed by atoms with Crippen LogP contribution in [0.2, 0.25) is 0 Å². The second-order valence-corrected chi connectivity index (χ2v) is 9.55. The van der Waals surface area contributed by atoms with Crippen LogP contribution in [0.15, 0.2) is 23.8 Å². The maximum absolute atomic E-state index is 10.1. The molecule has 0 amide bonds. The average Bonchev–Trinajstić information content (AvgIpc) is 3.27. The van der Waals surface area contributed by atoms with E-state index in [4.69, 9.17) is 10.1 Å². The number of aliphatic hydroxyl groups excluding tert-OH is 1. The Morgan fingerprint density at radius 2 is 2.12 bits per heavy atom. The van der Waals surface area contributed by atoms with Crippen molar-refractivity contribution >= 4 is 5.71 Å². The second-order valence-electron chi connectivity index (χ2n) is 9.55. The first-order valence-electron chi connectivity index (χ1n) is 10.9. The highest BCUT2D eigenvalue weighted by Gasteiger charge is 2.65. The summed E-state index contributed by atoms with van der Waals surface area (Å²) in [5.74, 6) is 3.14. The number of nitrogens with one attached hydrogen (secondary N) is 1. The third-order valence-electron chi connectivity index (χ3n) is 9.08. The van der Waals surface area contributed by atoms with E-state index < -0.39 is 0 Å². The number of aliphatic hydroxyl groups is 1. The van der Waals surface area contributed by atoms with Crippen molar-refractivity contribution in [3.8, 4) is 0 Å². The molecule has 4 unspecified atom stereocenters. The van der Waals surface area contributed by atoms with Gasteiger partial charge in [-0.15, -0.1) is 0 Å². The number of hydrogen-bond donors (Lipinski definition) is 2. The van der Waals surface area contributed by atoms with Crippen molar-refractivity contribution in [3.05, 3.63) is 23.8 Å². The first kappa shape index (κ1) is 17.2. The van der Waals surface area contributed by atoms with Gasteiger partial charge in [0.1, 0.15) is 0 Å². The summed E-state index contributed by atoms with van der Waals surface area (Å²) < 4.78 is 6.42. The molecular weight excluding hydrogens is 322 g/mol. The van der Waals surface area contributed by atoms with Crippen molar-refractivity contribution < 1.29 is 9.84 Å². The van der Waals surface area contributed by atoms with E-state index in [-0.39, 0.29) is 18.1 Å². The predicted octanol–water partition coefficient (Wildman–Crippen LogP) is 4.51. The maximum Gasteiger partial charge on any atom is 0.0926 e. The zero-order valence-electron chi connectivity index (χ0n) is 16.0. The molecule has 142 valence electrons.